The summed E-state index contributed by atoms with van der Waals surface area (Å²) in [5.74, 6) is 0. The molecule has 106 valence electrons. The first-order chi connectivity index (χ1) is 9.31. The van der Waals surface area contributed by atoms with Crippen LogP contribution in [0.4, 0.5) is 5.69 Å². The van der Waals surface area contributed by atoms with Crippen LogP contribution in [0.25, 0.3) is 0 Å². The first-order valence-electron chi connectivity index (χ1n) is 5.85. The third kappa shape index (κ3) is 3.24. The van der Waals surface area contributed by atoms with Crippen molar-refractivity contribution in [1.29, 1.82) is 0 Å². The van der Waals surface area contributed by atoms with E-state index in [4.69, 9.17) is 0 Å². The summed E-state index contributed by atoms with van der Waals surface area (Å²) in [7, 11) is -3.62. The second kappa shape index (κ2) is 5.87. The lowest BCUT2D eigenvalue weighted by Gasteiger charge is -2.13. The van der Waals surface area contributed by atoms with Crippen molar-refractivity contribution in [3.05, 3.63) is 56.5 Å². The monoisotopic (exact) mass is 417 g/mol. The van der Waals surface area contributed by atoms with E-state index < -0.39 is 10.0 Å². The molecule has 6 heteroatoms. The summed E-state index contributed by atoms with van der Waals surface area (Å²) >= 11 is 6.59. The van der Waals surface area contributed by atoms with E-state index in [2.05, 4.69) is 36.6 Å². The van der Waals surface area contributed by atoms with Crippen LogP contribution in [0.1, 0.15) is 11.1 Å². The van der Waals surface area contributed by atoms with Crippen molar-refractivity contribution in [3.8, 4) is 0 Å². The van der Waals surface area contributed by atoms with Gasteiger partial charge in [0.15, 0.2) is 0 Å². The molecule has 0 aliphatic rings. The lowest BCUT2D eigenvalue weighted by molar-refractivity contribution is 0.600. The Morgan fingerprint density at radius 3 is 2.40 bits per heavy atom. The summed E-state index contributed by atoms with van der Waals surface area (Å²) < 4.78 is 28.8. The average molecular weight is 419 g/mol. The molecule has 0 bridgehead atoms. The van der Waals surface area contributed by atoms with Gasteiger partial charge in [-0.1, -0.05) is 28.1 Å². The van der Waals surface area contributed by atoms with Gasteiger partial charge >= 0.3 is 0 Å². The standard InChI is InChI=1S/C14H13Br2NO2S/c1-9-4-3-5-13(10(9)2)17-20(18,19)14-7-6-11(15)8-12(14)16/h3-8,17H,1-2H3. The van der Waals surface area contributed by atoms with Crippen LogP contribution in [0.3, 0.4) is 0 Å². The van der Waals surface area contributed by atoms with Gasteiger partial charge in [-0.05, 0) is 65.2 Å². The average Bonchev–Trinajstić information content (AvgIpc) is 2.34. The first kappa shape index (κ1) is 15.5. The van der Waals surface area contributed by atoms with Crippen molar-refractivity contribution < 1.29 is 8.42 Å². The van der Waals surface area contributed by atoms with Crippen LogP contribution in [-0.2, 0) is 10.0 Å². The van der Waals surface area contributed by atoms with Crippen LogP contribution in [0.5, 0.6) is 0 Å². The topological polar surface area (TPSA) is 46.2 Å². The fourth-order valence-electron chi connectivity index (χ4n) is 1.75. The molecule has 1 N–H and O–H groups in total. The molecule has 0 aromatic heterocycles. The predicted molar refractivity (Wildman–Crippen MR) is 88.6 cm³/mol. The molecule has 0 amide bonds. The minimum atomic E-state index is -3.62. The largest absolute Gasteiger partial charge is 0.279 e. The van der Waals surface area contributed by atoms with Gasteiger partial charge in [-0.15, -0.1) is 0 Å². The zero-order valence-electron chi connectivity index (χ0n) is 10.9. The Morgan fingerprint density at radius 2 is 1.75 bits per heavy atom. The van der Waals surface area contributed by atoms with E-state index in [9.17, 15) is 8.42 Å². The van der Waals surface area contributed by atoms with Gasteiger partial charge in [0.2, 0.25) is 0 Å². The van der Waals surface area contributed by atoms with Gasteiger partial charge in [0.25, 0.3) is 10.0 Å². The second-order valence-electron chi connectivity index (χ2n) is 4.43. The van der Waals surface area contributed by atoms with E-state index in [1.807, 2.05) is 26.0 Å². The Morgan fingerprint density at radius 1 is 1.05 bits per heavy atom. The molecule has 0 radical (unpaired) electrons. The number of halogens is 2. The Hall–Kier alpha value is -0.850. The zero-order chi connectivity index (χ0) is 14.9. The third-order valence-corrected chi connectivity index (χ3v) is 5.87. The van der Waals surface area contributed by atoms with Gasteiger partial charge in [0, 0.05) is 8.95 Å². The van der Waals surface area contributed by atoms with Crippen LogP contribution < -0.4 is 4.72 Å². The molecule has 0 aliphatic heterocycles. The molecule has 3 nitrogen and oxygen atoms in total. The lowest BCUT2D eigenvalue weighted by atomic mass is 10.1. The zero-order valence-corrected chi connectivity index (χ0v) is 14.9. The van der Waals surface area contributed by atoms with Gasteiger partial charge < -0.3 is 0 Å². The Labute approximate surface area is 135 Å². The molecule has 0 unspecified atom stereocenters. The fourth-order valence-corrected chi connectivity index (χ4v) is 4.62. The molecule has 0 atom stereocenters. The maximum Gasteiger partial charge on any atom is 0.263 e. The molecule has 0 spiro atoms. The second-order valence-corrected chi connectivity index (χ2v) is 7.85. The molecule has 2 aromatic rings. The minimum absolute atomic E-state index is 0.210. The molecule has 20 heavy (non-hydrogen) atoms. The highest BCUT2D eigenvalue weighted by molar-refractivity contribution is 9.11. The van der Waals surface area contributed by atoms with Crippen molar-refractivity contribution in [1.82, 2.24) is 0 Å². The number of anilines is 1. The third-order valence-electron chi connectivity index (χ3n) is 3.03. The van der Waals surface area contributed by atoms with Crippen LogP contribution >= 0.6 is 31.9 Å². The minimum Gasteiger partial charge on any atom is -0.279 e. The molecule has 0 fully saturated rings. The van der Waals surface area contributed by atoms with Gasteiger partial charge in [-0.3, -0.25) is 4.72 Å². The number of rotatable bonds is 3. The number of nitrogens with one attached hydrogen (secondary N) is 1. The predicted octanol–water partition coefficient (Wildman–Crippen LogP) is 4.63. The van der Waals surface area contributed by atoms with E-state index in [0.717, 1.165) is 15.6 Å². The van der Waals surface area contributed by atoms with Crippen LogP contribution in [0.15, 0.2) is 50.2 Å². The SMILES string of the molecule is Cc1cccc(NS(=O)(=O)c2ccc(Br)cc2Br)c1C. The summed E-state index contributed by atoms with van der Waals surface area (Å²) in [4.78, 5) is 0.210. The molecule has 0 heterocycles. The summed E-state index contributed by atoms with van der Waals surface area (Å²) in [5, 5.41) is 0. The van der Waals surface area contributed by atoms with Crippen molar-refractivity contribution in [3.63, 3.8) is 0 Å². The summed E-state index contributed by atoms with van der Waals surface area (Å²) in [6.07, 6.45) is 0. The molecular formula is C14H13Br2NO2S. The smallest absolute Gasteiger partial charge is 0.263 e. The van der Waals surface area contributed by atoms with Crippen LogP contribution in [0, 0.1) is 13.8 Å². The van der Waals surface area contributed by atoms with Crippen molar-refractivity contribution in [2.75, 3.05) is 4.72 Å². The maximum atomic E-state index is 12.4. The molecule has 2 rings (SSSR count). The highest BCUT2D eigenvalue weighted by Gasteiger charge is 2.18. The summed E-state index contributed by atoms with van der Waals surface area (Å²) in [6.45, 7) is 3.84. The number of aryl methyl sites for hydroxylation is 1. The molecule has 0 saturated heterocycles. The molecule has 0 saturated carbocycles. The molecule has 2 aromatic carbocycles. The van der Waals surface area contributed by atoms with Crippen molar-refractivity contribution in [2.45, 2.75) is 18.7 Å². The van der Waals surface area contributed by atoms with Crippen LogP contribution in [-0.4, -0.2) is 8.42 Å². The molecular weight excluding hydrogens is 406 g/mol. The first-order valence-corrected chi connectivity index (χ1v) is 8.92. The Balaban J connectivity index is 2.44. The number of sulfonamides is 1. The van der Waals surface area contributed by atoms with Crippen molar-refractivity contribution in [2.24, 2.45) is 0 Å². The fraction of sp³-hybridized carbons (Fsp3) is 0.143. The number of hydrogen-bond donors (Lipinski definition) is 1. The van der Waals surface area contributed by atoms with Gasteiger partial charge in [0.1, 0.15) is 4.90 Å². The van der Waals surface area contributed by atoms with Gasteiger partial charge in [-0.25, -0.2) is 8.42 Å². The molecule has 0 aliphatic carbocycles. The summed E-state index contributed by atoms with van der Waals surface area (Å²) in [5.41, 5.74) is 2.56. The van der Waals surface area contributed by atoms with Gasteiger partial charge in [0.05, 0.1) is 5.69 Å². The maximum absolute atomic E-state index is 12.4. The highest BCUT2D eigenvalue weighted by Crippen LogP contribution is 2.28. The quantitative estimate of drug-likeness (QED) is 0.789. The Bertz CT molecular complexity index is 758. The normalized spacial score (nSPS) is 11.4. The number of benzene rings is 2. The lowest BCUT2D eigenvalue weighted by Crippen LogP contribution is -2.14. The highest BCUT2D eigenvalue weighted by atomic mass is 79.9. The van der Waals surface area contributed by atoms with E-state index in [1.54, 1.807) is 24.3 Å². The van der Waals surface area contributed by atoms with Gasteiger partial charge in [-0.2, -0.15) is 0 Å². The van der Waals surface area contributed by atoms with E-state index >= 15 is 0 Å². The number of hydrogen-bond acceptors (Lipinski definition) is 2. The van der Waals surface area contributed by atoms with Crippen LogP contribution in [0.2, 0.25) is 0 Å². The van der Waals surface area contributed by atoms with Crippen molar-refractivity contribution >= 4 is 47.6 Å². The van der Waals surface area contributed by atoms with E-state index in [0.29, 0.717) is 10.2 Å². The van der Waals surface area contributed by atoms with E-state index in [1.165, 1.54) is 0 Å². The Kier molecular flexibility index (Phi) is 4.56. The van der Waals surface area contributed by atoms with E-state index in [-0.39, 0.29) is 4.90 Å². The summed E-state index contributed by atoms with van der Waals surface area (Å²) in [6, 6.07) is 10.5.